The zero-order valence-corrected chi connectivity index (χ0v) is 18.6. The van der Waals surface area contributed by atoms with Crippen molar-refractivity contribution < 1.29 is 18.8 Å². The second kappa shape index (κ2) is 7.41. The van der Waals surface area contributed by atoms with E-state index < -0.39 is 11.6 Å². The van der Waals surface area contributed by atoms with Crippen molar-refractivity contribution in [2.45, 2.75) is 38.6 Å². The minimum Gasteiger partial charge on any atom is -0.319 e. The SMILES string of the molecule is Cc1cc(C(=O)CN2C(=O)NC3(CCCc4sccc43)C2=O)c(C)n1-c1cccc(F)c1. The van der Waals surface area contributed by atoms with Gasteiger partial charge in [-0.3, -0.25) is 14.5 Å². The average Bonchev–Trinajstić information content (AvgIpc) is 3.41. The van der Waals surface area contributed by atoms with Gasteiger partial charge in [0.1, 0.15) is 11.4 Å². The van der Waals surface area contributed by atoms with Gasteiger partial charge in [-0.15, -0.1) is 11.3 Å². The summed E-state index contributed by atoms with van der Waals surface area (Å²) in [4.78, 5) is 41.5. The first-order valence-corrected chi connectivity index (χ1v) is 11.4. The fraction of sp³-hybridized carbons (Fsp3) is 0.292. The van der Waals surface area contributed by atoms with Crippen LogP contribution in [0.25, 0.3) is 5.69 Å². The van der Waals surface area contributed by atoms with Crippen molar-refractivity contribution in [3.05, 3.63) is 75.0 Å². The minimum atomic E-state index is -1.07. The number of urea groups is 1. The zero-order valence-electron chi connectivity index (χ0n) is 17.8. The lowest BCUT2D eigenvalue weighted by Gasteiger charge is -2.31. The Hall–Kier alpha value is -3.26. The lowest BCUT2D eigenvalue weighted by molar-refractivity contribution is -0.131. The van der Waals surface area contributed by atoms with Crippen molar-refractivity contribution in [3.8, 4) is 5.69 Å². The quantitative estimate of drug-likeness (QED) is 0.476. The van der Waals surface area contributed by atoms with Crippen molar-refractivity contribution in [1.29, 1.82) is 0 Å². The van der Waals surface area contributed by atoms with Gasteiger partial charge in [0, 0.05) is 33.1 Å². The highest BCUT2D eigenvalue weighted by atomic mass is 32.1. The second-order valence-electron chi connectivity index (χ2n) is 8.36. The summed E-state index contributed by atoms with van der Waals surface area (Å²) < 4.78 is 15.5. The Labute approximate surface area is 188 Å². The second-order valence-corrected chi connectivity index (χ2v) is 9.36. The van der Waals surface area contributed by atoms with Gasteiger partial charge in [0.2, 0.25) is 0 Å². The number of hydrogen-bond acceptors (Lipinski definition) is 4. The summed E-state index contributed by atoms with van der Waals surface area (Å²) in [7, 11) is 0. The molecule has 0 saturated carbocycles. The highest BCUT2D eigenvalue weighted by molar-refractivity contribution is 7.10. The molecule has 1 atom stereocenters. The third-order valence-corrected chi connectivity index (χ3v) is 7.42. The lowest BCUT2D eigenvalue weighted by Crippen LogP contribution is -2.46. The third kappa shape index (κ3) is 3.01. The predicted molar refractivity (Wildman–Crippen MR) is 119 cm³/mol. The number of ketones is 1. The van der Waals surface area contributed by atoms with Crippen LogP contribution >= 0.6 is 11.3 Å². The molecule has 6 nitrogen and oxygen atoms in total. The van der Waals surface area contributed by atoms with Crippen LogP contribution in [0.2, 0.25) is 0 Å². The number of halogens is 1. The minimum absolute atomic E-state index is 0.331. The first kappa shape index (κ1) is 20.6. The number of benzene rings is 1. The summed E-state index contributed by atoms with van der Waals surface area (Å²) in [5.41, 5.74) is 2.21. The monoisotopic (exact) mass is 451 g/mol. The summed E-state index contributed by atoms with van der Waals surface area (Å²) in [5, 5.41) is 4.81. The topological polar surface area (TPSA) is 71.4 Å². The van der Waals surface area contributed by atoms with Gasteiger partial charge in [0.15, 0.2) is 5.78 Å². The molecule has 1 aromatic carbocycles. The first-order chi connectivity index (χ1) is 15.3. The maximum atomic E-state index is 13.7. The van der Waals surface area contributed by atoms with Gasteiger partial charge in [-0.1, -0.05) is 6.07 Å². The van der Waals surface area contributed by atoms with E-state index in [2.05, 4.69) is 5.32 Å². The van der Waals surface area contributed by atoms with Crippen LogP contribution in [0.4, 0.5) is 9.18 Å². The molecule has 2 aromatic heterocycles. The van der Waals surface area contributed by atoms with Crippen molar-refractivity contribution in [2.75, 3.05) is 6.54 Å². The summed E-state index contributed by atoms with van der Waals surface area (Å²) in [6, 6.07) is 9.21. The number of thiophene rings is 1. The Morgan fingerprint density at radius 3 is 2.81 bits per heavy atom. The summed E-state index contributed by atoms with van der Waals surface area (Å²) in [5.74, 6) is -1.07. The molecule has 0 radical (unpaired) electrons. The molecule has 1 spiro atoms. The van der Waals surface area contributed by atoms with Crippen LogP contribution in [0.3, 0.4) is 0 Å². The molecular formula is C24H22FN3O3S. The number of carbonyl (C=O) groups is 3. The summed E-state index contributed by atoms with van der Waals surface area (Å²) in [6.07, 6.45) is 2.22. The van der Waals surface area contributed by atoms with E-state index in [1.807, 2.05) is 18.4 Å². The van der Waals surface area contributed by atoms with E-state index in [1.54, 1.807) is 41.0 Å². The fourth-order valence-corrected chi connectivity index (χ4v) is 5.97. The van der Waals surface area contributed by atoms with E-state index >= 15 is 0 Å². The molecule has 1 fully saturated rings. The number of fused-ring (bicyclic) bond motifs is 2. The first-order valence-electron chi connectivity index (χ1n) is 10.5. The number of hydrogen-bond donors (Lipinski definition) is 1. The van der Waals surface area contributed by atoms with Gasteiger partial charge in [-0.05, 0) is 68.8 Å². The third-order valence-electron chi connectivity index (χ3n) is 6.44. The predicted octanol–water partition coefficient (Wildman–Crippen LogP) is 4.26. The van der Waals surface area contributed by atoms with E-state index in [1.165, 1.54) is 12.1 Å². The summed E-state index contributed by atoms with van der Waals surface area (Å²) >= 11 is 1.59. The Morgan fingerprint density at radius 2 is 2.03 bits per heavy atom. The van der Waals surface area contributed by atoms with Crippen molar-refractivity contribution in [3.63, 3.8) is 0 Å². The molecule has 3 aromatic rings. The van der Waals surface area contributed by atoms with Gasteiger partial charge in [0.05, 0.1) is 6.54 Å². The lowest BCUT2D eigenvalue weighted by atomic mass is 9.80. The van der Waals surface area contributed by atoms with Crippen LogP contribution in [-0.2, 0) is 16.8 Å². The van der Waals surface area contributed by atoms with Gasteiger partial charge >= 0.3 is 6.03 Å². The van der Waals surface area contributed by atoms with Gasteiger partial charge < -0.3 is 9.88 Å². The normalized spacial score (nSPS) is 20.0. The van der Waals surface area contributed by atoms with Crippen LogP contribution < -0.4 is 5.32 Å². The molecule has 5 rings (SSSR count). The molecule has 32 heavy (non-hydrogen) atoms. The van der Waals surface area contributed by atoms with Crippen molar-refractivity contribution >= 4 is 29.1 Å². The van der Waals surface area contributed by atoms with E-state index in [0.717, 1.165) is 33.9 Å². The molecule has 3 heterocycles. The molecule has 3 amide bonds. The number of nitrogens with zero attached hydrogens (tertiary/aromatic N) is 2. The highest BCUT2D eigenvalue weighted by Gasteiger charge is 2.54. The molecule has 2 aliphatic rings. The van der Waals surface area contributed by atoms with Crippen LogP contribution in [0.1, 0.15) is 45.0 Å². The molecule has 8 heteroatoms. The number of Topliss-reactive ketones (excluding diaryl/α,β-unsaturated/α-hetero) is 1. The van der Waals surface area contributed by atoms with Crippen LogP contribution in [0.5, 0.6) is 0 Å². The van der Waals surface area contributed by atoms with E-state index in [0.29, 0.717) is 23.4 Å². The average molecular weight is 452 g/mol. The number of carbonyl (C=O) groups excluding carboxylic acids is 3. The maximum absolute atomic E-state index is 13.7. The molecule has 1 aliphatic carbocycles. The van der Waals surface area contributed by atoms with Gasteiger partial charge in [0.25, 0.3) is 5.91 Å². The molecule has 1 N–H and O–H groups in total. The Balaban J connectivity index is 1.44. The smallest absolute Gasteiger partial charge is 0.319 e. The molecule has 1 unspecified atom stereocenters. The Morgan fingerprint density at radius 1 is 1.22 bits per heavy atom. The van der Waals surface area contributed by atoms with Crippen molar-refractivity contribution in [1.82, 2.24) is 14.8 Å². The summed E-state index contributed by atoms with van der Waals surface area (Å²) in [6.45, 7) is 3.27. The van der Waals surface area contributed by atoms with Crippen LogP contribution in [-0.4, -0.2) is 33.7 Å². The number of amides is 3. The number of aryl methyl sites for hydroxylation is 2. The van der Waals surface area contributed by atoms with E-state index in [-0.39, 0.29) is 24.1 Å². The van der Waals surface area contributed by atoms with E-state index in [9.17, 15) is 18.8 Å². The maximum Gasteiger partial charge on any atom is 0.325 e. The zero-order chi connectivity index (χ0) is 22.6. The Kier molecular flexibility index (Phi) is 4.78. The number of nitrogens with one attached hydrogen (secondary N) is 1. The Bertz CT molecular complexity index is 1280. The number of aromatic nitrogens is 1. The highest BCUT2D eigenvalue weighted by Crippen LogP contribution is 2.42. The van der Waals surface area contributed by atoms with Crippen molar-refractivity contribution in [2.24, 2.45) is 0 Å². The molecule has 164 valence electrons. The van der Waals surface area contributed by atoms with Crippen LogP contribution in [0, 0.1) is 19.7 Å². The number of imide groups is 1. The molecule has 1 saturated heterocycles. The van der Waals surface area contributed by atoms with Gasteiger partial charge in [-0.2, -0.15) is 0 Å². The molecular weight excluding hydrogens is 429 g/mol. The van der Waals surface area contributed by atoms with E-state index in [4.69, 9.17) is 0 Å². The standard InChI is InChI=1S/C24H22FN3O3S/c1-14-11-18(15(2)28(14)17-6-3-5-16(25)12-17)20(29)13-27-22(30)24(26-23(27)31)9-4-7-21-19(24)8-10-32-21/h3,5-6,8,10-12H,4,7,9,13H2,1-2H3,(H,26,31). The van der Waals surface area contributed by atoms with Crippen LogP contribution in [0.15, 0.2) is 41.8 Å². The fourth-order valence-electron chi connectivity index (χ4n) is 4.97. The van der Waals surface area contributed by atoms with Gasteiger partial charge in [-0.25, -0.2) is 9.18 Å². The molecule has 0 bridgehead atoms. The molecule has 1 aliphatic heterocycles. The largest absolute Gasteiger partial charge is 0.325 e. The number of rotatable bonds is 4.